The number of carbonyl (C=O) groups excluding carboxylic acids is 1. The molecule has 1 N–H and O–H groups in total. The maximum Gasteiger partial charge on any atom is 0.422 e. The molecule has 0 spiro atoms. The molecule has 0 fully saturated rings. The number of thiazole rings is 1. The van der Waals surface area contributed by atoms with Gasteiger partial charge in [-0.3, -0.25) is 4.79 Å². The minimum Gasteiger partial charge on any atom is -0.484 e. The van der Waals surface area contributed by atoms with Gasteiger partial charge in [0.15, 0.2) is 6.61 Å². The normalized spacial score (nSPS) is 11.2. The van der Waals surface area contributed by atoms with E-state index in [0.717, 1.165) is 16.1 Å². The summed E-state index contributed by atoms with van der Waals surface area (Å²) in [5.41, 5.74) is 2.64. The Hall–Kier alpha value is -3.07. The number of aromatic nitrogens is 1. The second-order valence-corrected chi connectivity index (χ2v) is 7.59. The third-order valence-electron chi connectivity index (χ3n) is 4.16. The molecule has 0 unspecified atom stereocenters. The lowest BCUT2D eigenvalue weighted by atomic mass is 10.1. The molecule has 0 radical (unpaired) electrons. The van der Waals surface area contributed by atoms with E-state index in [0.29, 0.717) is 5.69 Å². The zero-order valence-corrected chi connectivity index (χ0v) is 17.2. The lowest BCUT2D eigenvalue weighted by Crippen LogP contribution is -2.26. The number of benzene rings is 2. The summed E-state index contributed by atoms with van der Waals surface area (Å²) >= 11 is 1.52. The molecule has 0 aliphatic heterocycles. The molecule has 3 rings (SSSR count). The first-order chi connectivity index (χ1) is 14.2. The highest BCUT2D eigenvalue weighted by molar-refractivity contribution is 7.13. The first-order valence-electron chi connectivity index (χ1n) is 9.01. The number of alkyl halides is 3. The van der Waals surface area contributed by atoms with Gasteiger partial charge < -0.3 is 15.0 Å². The lowest BCUT2D eigenvalue weighted by molar-refractivity contribution is -0.153. The highest BCUT2D eigenvalue weighted by Gasteiger charge is 2.28. The van der Waals surface area contributed by atoms with Crippen molar-refractivity contribution in [3.05, 3.63) is 65.2 Å². The second-order valence-electron chi connectivity index (χ2n) is 6.70. The fourth-order valence-corrected chi connectivity index (χ4v) is 3.44. The quantitative estimate of drug-likeness (QED) is 0.582. The molecule has 1 amide bonds. The number of nitrogens with one attached hydrogen (secondary N) is 1. The van der Waals surface area contributed by atoms with Crippen LogP contribution in [0.25, 0.3) is 10.6 Å². The molecule has 0 aliphatic rings. The molecule has 1 aromatic heterocycles. The van der Waals surface area contributed by atoms with Crippen LogP contribution in [0.5, 0.6) is 5.75 Å². The molecule has 2 aromatic carbocycles. The van der Waals surface area contributed by atoms with E-state index in [9.17, 15) is 18.0 Å². The Bertz CT molecular complexity index is 1000. The maximum atomic E-state index is 12.8. The van der Waals surface area contributed by atoms with Crippen molar-refractivity contribution in [1.29, 1.82) is 0 Å². The van der Waals surface area contributed by atoms with Gasteiger partial charge in [-0.1, -0.05) is 18.2 Å². The highest BCUT2D eigenvalue weighted by atomic mass is 32.1. The first-order valence-corrected chi connectivity index (χ1v) is 9.89. The van der Waals surface area contributed by atoms with Gasteiger partial charge in [0, 0.05) is 43.5 Å². The van der Waals surface area contributed by atoms with Gasteiger partial charge in [-0.05, 0) is 29.8 Å². The number of carbonyl (C=O) groups is 1. The Balaban J connectivity index is 1.74. The molecular formula is C21H20F3N3O2S. The predicted molar refractivity (Wildman–Crippen MR) is 111 cm³/mol. The van der Waals surface area contributed by atoms with Gasteiger partial charge in [0.2, 0.25) is 0 Å². The van der Waals surface area contributed by atoms with Crippen molar-refractivity contribution < 1.29 is 22.7 Å². The van der Waals surface area contributed by atoms with Gasteiger partial charge in [0.05, 0.1) is 5.56 Å². The molecule has 0 saturated carbocycles. The number of amides is 1. The van der Waals surface area contributed by atoms with Crippen LogP contribution in [0.4, 0.5) is 18.9 Å². The molecule has 9 heteroatoms. The molecule has 158 valence electrons. The minimum absolute atomic E-state index is 0.0196. The van der Waals surface area contributed by atoms with Crippen molar-refractivity contribution >= 4 is 22.9 Å². The zero-order chi connectivity index (χ0) is 21.7. The van der Waals surface area contributed by atoms with Crippen molar-refractivity contribution in [2.75, 3.05) is 25.6 Å². The fourth-order valence-electron chi connectivity index (χ4n) is 2.80. The number of nitrogens with zero attached hydrogens (tertiary/aromatic N) is 2. The van der Waals surface area contributed by atoms with E-state index in [2.05, 4.69) is 10.3 Å². The van der Waals surface area contributed by atoms with Crippen LogP contribution in [-0.2, 0) is 6.54 Å². The van der Waals surface area contributed by atoms with Crippen LogP contribution in [0.15, 0.2) is 54.0 Å². The summed E-state index contributed by atoms with van der Waals surface area (Å²) < 4.78 is 42.1. The number of halogens is 3. The number of rotatable bonds is 7. The number of hydrogen-bond acceptors (Lipinski definition) is 5. The van der Waals surface area contributed by atoms with E-state index in [-0.39, 0.29) is 17.9 Å². The van der Waals surface area contributed by atoms with E-state index < -0.39 is 18.7 Å². The molecule has 3 aromatic rings. The molecule has 1 heterocycles. The SMILES string of the molecule is CN(C)c1ccc(OCC(F)(F)F)cc1C(=O)NCc1cccc(-c2nccs2)c1. The van der Waals surface area contributed by atoms with Crippen LogP contribution in [0.2, 0.25) is 0 Å². The topological polar surface area (TPSA) is 54.5 Å². The van der Waals surface area contributed by atoms with Gasteiger partial charge in [-0.25, -0.2) is 4.98 Å². The van der Waals surface area contributed by atoms with Crippen molar-refractivity contribution in [3.63, 3.8) is 0 Å². The molecule has 30 heavy (non-hydrogen) atoms. The van der Waals surface area contributed by atoms with E-state index in [1.807, 2.05) is 29.6 Å². The fraction of sp³-hybridized carbons (Fsp3) is 0.238. The number of anilines is 1. The average molecular weight is 435 g/mol. The average Bonchev–Trinajstić information content (AvgIpc) is 3.25. The second kappa shape index (κ2) is 9.17. The maximum absolute atomic E-state index is 12.8. The van der Waals surface area contributed by atoms with Gasteiger partial charge in [0.1, 0.15) is 10.8 Å². The van der Waals surface area contributed by atoms with Crippen molar-refractivity contribution in [2.45, 2.75) is 12.7 Å². The lowest BCUT2D eigenvalue weighted by Gasteiger charge is -2.19. The van der Waals surface area contributed by atoms with Crippen LogP contribution in [0, 0.1) is 0 Å². The van der Waals surface area contributed by atoms with Gasteiger partial charge in [-0.2, -0.15) is 13.2 Å². The largest absolute Gasteiger partial charge is 0.484 e. The number of ether oxygens (including phenoxy) is 1. The van der Waals surface area contributed by atoms with Crippen LogP contribution in [0.3, 0.4) is 0 Å². The van der Waals surface area contributed by atoms with Gasteiger partial charge in [0.25, 0.3) is 5.91 Å². The molecule has 5 nitrogen and oxygen atoms in total. The van der Waals surface area contributed by atoms with E-state index in [4.69, 9.17) is 4.74 Å². The molecule has 0 aliphatic carbocycles. The molecule has 0 saturated heterocycles. The Morgan fingerprint density at radius 2 is 2.00 bits per heavy atom. The minimum atomic E-state index is -4.45. The summed E-state index contributed by atoms with van der Waals surface area (Å²) in [6.07, 6.45) is -2.73. The molecule has 0 atom stereocenters. The standard InChI is InChI=1S/C21H20F3N3O2S/c1-27(2)18-7-6-16(29-13-21(22,23)24)11-17(18)19(28)26-12-14-4-3-5-15(10-14)20-25-8-9-30-20/h3-11H,12-13H2,1-2H3,(H,26,28). The zero-order valence-electron chi connectivity index (χ0n) is 16.4. The van der Waals surface area contributed by atoms with Crippen LogP contribution < -0.4 is 15.0 Å². The summed E-state index contributed by atoms with van der Waals surface area (Å²) in [5.74, 6) is -0.426. The Morgan fingerprint density at radius 3 is 2.67 bits per heavy atom. The van der Waals surface area contributed by atoms with Crippen molar-refractivity contribution in [1.82, 2.24) is 10.3 Å². The van der Waals surface area contributed by atoms with E-state index >= 15 is 0 Å². The van der Waals surface area contributed by atoms with Gasteiger partial charge >= 0.3 is 6.18 Å². The summed E-state index contributed by atoms with van der Waals surface area (Å²) in [5, 5.41) is 5.59. The van der Waals surface area contributed by atoms with Crippen LogP contribution in [0.1, 0.15) is 15.9 Å². The predicted octanol–water partition coefficient (Wildman–Crippen LogP) is 4.75. The van der Waals surface area contributed by atoms with Crippen molar-refractivity contribution in [3.8, 4) is 16.3 Å². The Kier molecular flexibility index (Phi) is 6.61. The third-order valence-corrected chi connectivity index (χ3v) is 4.98. The molecular weight excluding hydrogens is 415 g/mol. The molecule has 0 bridgehead atoms. The van der Waals surface area contributed by atoms with Crippen molar-refractivity contribution in [2.24, 2.45) is 0 Å². The smallest absolute Gasteiger partial charge is 0.422 e. The number of hydrogen-bond donors (Lipinski definition) is 1. The van der Waals surface area contributed by atoms with Gasteiger partial charge in [-0.15, -0.1) is 11.3 Å². The van der Waals surface area contributed by atoms with Crippen LogP contribution in [-0.4, -0.2) is 37.8 Å². The Morgan fingerprint density at radius 1 is 1.20 bits per heavy atom. The third kappa shape index (κ3) is 5.73. The summed E-state index contributed by atoms with van der Waals surface area (Å²) in [7, 11) is 3.50. The van der Waals surface area contributed by atoms with E-state index in [1.165, 1.54) is 23.5 Å². The summed E-state index contributed by atoms with van der Waals surface area (Å²) in [6.45, 7) is -1.16. The van der Waals surface area contributed by atoms with E-state index in [1.54, 1.807) is 31.3 Å². The summed E-state index contributed by atoms with van der Waals surface area (Å²) in [4.78, 5) is 18.8. The highest BCUT2D eigenvalue weighted by Crippen LogP contribution is 2.26. The van der Waals surface area contributed by atoms with Crippen LogP contribution >= 0.6 is 11.3 Å². The monoisotopic (exact) mass is 435 g/mol. The first kappa shape index (κ1) is 21.6. The Labute approximate surface area is 176 Å². The summed E-state index contributed by atoms with van der Waals surface area (Å²) in [6, 6.07) is 11.9.